The Hall–Kier alpha value is 0.130. The second kappa shape index (κ2) is 15.0. The van der Waals surface area contributed by atoms with E-state index in [1.807, 2.05) is 13.8 Å². The average molecular weight is 419 g/mol. The molecule has 0 saturated carbocycles. The molecule has 1 aromatic rings. The number of unbranched alkanes of at least 4 members (excludes halogenated alkanes) is 9. The zero-order chi connectivity index (χ0) is 20.3. The molecule has 0 N–H and O–H groups in total. The first-order valence-corrected chi connectivity index (χ1v) is 12.2. The van der Waals surface area contributed by atoms with Crippen molar-refractivity contribution < 1.29 is 42.5 Å². The first kappa shape index (κ1) is 28.1. The maximum Gasteiger partial charge on any atom is 1.00 e. The Balaban J connectivity index is 0.00000729. The zero-order valence-electron chi connectivity index (χ0n) is 18.9. The zero-order valence-corrected chi connectivity index (χ0v) is 21.7. The van der Waals surface area contributed by atoms with Crippen LogP contribution >= 0.6 is 0 Å². The van der Waals surface area contributed by atoms with Gasteiger partial charge in [0.1, 0.15) is 10.1 Å². The van der Waals surface area contributed by atoms with Gasteiger partial charge in [-0.05, 0) is 55.4 Å². The number of hydrogen-bond acceptors (Lipinski definition) is 3. The summed E-state index contributed by atoms with van der Waals surface area (Å²) in [5, 5.41) is 0. The second-order valence-corrected chi connectivity index (χ2v) is 9.75. The van der Waals surface area contributed by atoms with Crippen LogP contribution in [0.2, 0.25) is 0 Å². The molecule has 3 nitrogen and oxygen atoms in total. The number of benzene rings is 1. The van der Waals surface area contributed by atoms with Gasteiger partial charge in [-0.1, -0.05) is 84.1 Å². The van der Waals surface area contributed by atoms with Crippen LogP contribution < -0.4 is 29.6 Å². The molecule has 156 valence electrons. The molecule has 5 heteroatoms. The van der Waals surface area contributed by atoms with E-state index in [2.05, 4.69) is 13.8 Å². The third-order valence-corrected chi connectivity index (χ3v) is 6.48. The van der Waals surface area contributed by atoms with Gasteiger partial charge in [-0.25, -0.2) is 8.42 Å². The molecule has 0 aliphatic rings. The van der Waals surface area contributed by atoms with Gasteiger partial charge in [-0.15, -0.1) is 0 Å². The standard InChI is InChI=1S/C23H40O3S.Na/c1-19(2)15-13-11-9-7-5-6-8-10-12-14-16-22-21(4)20(3)17-18-23(22)27(24,25)26;/h17-19H,5-16H2,1-4H3,(H,24,25,26);/q;+1/p-1. The Morgan fingerprint density at radius 3 is 1.75 bits per heavy atom. The van der Waals surface area contributed by atoms with Crippen molar-refractivity contribution in [3.05, 3.63) is 28.8 Å². The molecule has 0 aliphatic carbocycles. The topological polar surface area (TPSA) is 57.2 Å². The van der Waals surface area contributed by atoms with E-state index in [9.17, 15) is 13.0 Å². The van der Waals surface area contributed by atoms with Gasteiger partial charge in [0, 0.05) is 0 Å². The summed E-state index contributed by atoms with van der Waals surface area (Å²) in [5.74, 6) is 0.832. The summed E-state index contributed by atoms with van der Waals surface area (Å²) in [4.78, 5) is -0.0249. The van der Waals surface area contributed by atoms with E-state index in [4.69, 9.17) is 0 Å². The molecular formula is C23H39NaO3S. The minimum atomic E-state index is -4.39. The van der Waals surface area contributed by atoms with E-state index in [0.717, 1.165) is 35.4 Å². The molecule has 0 amide bonds. The molecule has 28 heavy (non-hydrogen) atoms. The summed E-state index contributed by atoms with van der Waals surface area (Å²) >= 11 is 0. The molecule has 0 heterocycles. The van der Waals surface area contributed by atoms with E-state index in [1.165, 1.54) is 63.9 Å². The molecule has 0 unspecified atom stereocenters. The van der Waals surface area contributed by atoms with E-state index in [0.29, 0.717) is 6.42 Å². The Kier molecular flexibility index (Phi) is 15.1. The van der Waals surface area contributed by atoms with Crippen molar-refractivity contribution in [2.75, 3.05) is 0 Å². The van der Waals surface area contributed by atoms with Crippen LogP contribution in [0.5, 0.6) is 0 Å². The molecule has 0 atom stereocenters. The first-order chi connectivity index (χ1) is 12.7. The van der Waals surface area contributed by atoms with Crippen molar-refractivity contribution in [3.8, 4) is 0 Å². The molecule has 0 radical (unpaired) electrons. The first-order valence-electron chi connectivity index (χ1n) is 10.8. The molecular weight excluding hydrogens is 379 g/mol. The van der Waals surface area contributed by atoms with Gasteiger partial charge in [-0.2, -0.15) is 0 Å². The SMILES string of the molecule is Cc1ccc(S(=O)(=O)[O-])c(CCCCCCCCCCCCC(C)C)c1C.[Na+]. The van der Waals surface area contributed by atoms with Gasteiger partial charge in [-0.3, -0.25) is 0 Å². The number of hydrogen-bond donors (Lipinski definition) is 0. The Morgan fingerprint density at radius 2 is 1.29 bits per heavy atom. The Morgan fingerprint density at radius 1 is 0.821 bits per heavy atom. The summed E-state index contributed by atoms with van der Waals surface area (Å²) in [6.07, 6.45) is 14.6. The fourth-order valence-corrected chi connectivity index (χ4v) is 4.45. The minimum Gasteiger partial charge on any atom is -0.744 e. The molecule has 0 spiro atoms. The maximum absolute atomic E-state index is 11.5. The second-order valence-electron chi connectivity index (χ2n) is 8.41. The van der Waals surface area contributed by atoms with Crippen molar-refractivity contribution in [3.63, 3.8) is 0 Å². The van der Waals surface area contributed by atoms with Crippen LogP contribution in [-0.4, -0.2) is 13.0 Å². The molecule has 0 aliphatic heterocycles. The average Bonchev–Trinajstić information content (AvgIpc) is 2.58. The summed E-state index contributed by atoms with van der Waals surface area (Å²) in [6.45, 7) is 8.46. The maximum atomic E-state index is 11.5. The normalized spacial score (nSPS) is 11.6. The largest absolute Gasteiger partial charge is 1.00 e. The van der Waals surface area contributed by atoms with Gasteiger partial charge in [0.25, 0.3) is 0 Å². The summed E-state index contributed by atoms with van der Waals surface area (Å²) in [5.41, 5.74) is 2.72. The molecule has 1 aromatic carbocycles. The summed E-state index contributed by atoms with van der Waals surface area (Å²) in [7, 11) is -4.39. The fourth-order valence-electron chi connectivity index (χ4n) is 3.66. The predicted octanol–water partition coefficient (Wildman–Crippen LogP) is 3.70. The van der Waals surface area contributed by atoms with Crippen LogP contribution in [0.3, 0.4) is 0 Å². The minimum absolute atomic E-state index is 0. The van der Waals surface area contributed by atoms with E-state index in [1.54, 1.807) is 6.07 Å². The van der Waals surface area contributed by atoms with Gasteiger partial charge >= 0.3 is 29.6 Å². The van der Waals surface area contributed by atoms with Crippen molar-refractivity contribution in [2.45, 2.75) is 110 Å². The van der Waals surface area contributed by atoms with Crippen molar-refractivity contribution in [2.24, 2.45) is 5.92 Å². The van der Waals surface area contributed by atoms with E-state index < -0.39 is 10.1 Å². The Labute approximate surface area is 196 Å². The van der Waals surface area contributed by atoms with E-state index >= 15 is 0 Å². The summed E-state index contributed by atoms with van der Waals surface area (Å²) in [6, 6.07) is 3.20. The molecule has 0 saturated heterocycles. The smallest absolute Gasteiger partial charge is 0.744 e. The number of aryl methyl sites for hydroxylation is 1. The molecule has 1 rings (SSSR count). The van der Waals surface area contributed by atoms with Crippen molar-refractivity contribution >= 4 is 10.1 Å². The third kappa shape index (κ3) is 11.3. The van der Waals surface area contributed by atoms with Gasteiger partial charge in [0.2, 0.25) is 0 Å². The molecule has 0 bridgehead atoms. The van der Waals surface area contributed by atoms with Gasteiger partial charge in [0.05, 0.1) is 4.90 Å². The van der Waals surface area contributed by atoms with Crippen LogP contribution in [0.1, 0.15) is 101 Å². The van der Waals surface area contributed by atoms with E-state index in [-0.39, 0.29) is 34.5 Å². The van der Waals surface area contributed by atoms with Crippen molar-refractivity contribution in [1.29, 1.82) is 0 Å². The van der Waals surface area contributed by atoms with Gasteiger partial charge in [0.15, 0.2) is 0 Å². The molecule has 0 aromatic heterocycles. The monoisotopic (exact) mass is 418 g/mol. The third-order valence-electron chi connectivity index (χ3n) is 5.55. The number of rotatable bonds is 14. The van der Waals surface area contributed by atoms with Crippen LogP contribution in [0, 0.1) is 19.8 Å². The predicted molar refractivity (Wildman–Crippen MR) is 113 cm³/mol. The summed E-state index contributed by atoms with van der Waals surface area (Å²) < 4.78 is 34.5. The molecule has 0 fully saturated rings. The van der Waals surface area contributed by atoms with Crippen LogP contribution in [-0.2, 0) is 16.5 Å². The Bertz CT molecular complexity index is 654. The quantitative estimate of drug-likeness (QED) is 0.263. The van der Waals surface area contributed by atoms with Crippen LogP contribution in [0.4, 0.5) is 0 Å². The van der Waals surface area contributed by atoms with Crippen molar-refractivity contribution in [1.82, 2.24) is 0 Å². The van der Waals surface area contributed by atoms with Gasteiger partial charge < -0.3 is 4.55 Å². The fraction of sp³-hybridized carbons (Fsp3) is 0.739. The van der Waals surface area contributed by atoms with Crippen LogP contribution in [0.25, 0.3) is 0 Å². The van der Waals surface area contributed by atoms with Crippen LogP contribution in [0.15, 0.2) is 17.0 Å².